The average molecular weight is 442 g/mol. The lowest BCUT2D eigenvalue weighted by Crippen LogP contribution is -2.69. The minimum atomic E-state index is -7.86. The third kappa shape index (κ3) is 3.38. The number of aliphatic carboxylic acids is 1. The number of halogens is 12. The number of alkyl halides is 12. The van der Waals surface area contributed by atoms with Gasteiger partial charge in [-0.05, 0) is 0 Å². The van der Waals surface area contributed by atoms with Crippen LogP contribution in [0.15, 0.2) is 0 Å². The Balaban J connectivity index is 6.64. The molecule has 6 nitrogen and oxygen atoms in total. The molecule has 0 aliphatic rings. The van der Waals surface area contributed by atoms with Crippen molar-refractivity contribution in [2.75, 3.05) is 0 Å². The number of carboxylic acid groups (broad SMARTS) is 1. The smallest absolute Gasteiger partial charge is 0.460 e. The normalized spacial score (nSPS) is 17.7. The molecule has 0 fully saturated rings. The highest BCUT2D eigenvalue weighted by Gasteiger charge is 2.87. The van der Waals surface area contributed by atoms with Gasteiger partial charge in [0.15, 0.2) is 0 Å². The molecule has 1 unspecified atom stereocenters. The van der Waals surface area contributed by atoms with Crippen molar-refractivity contribution in [3.63, 3.8) is 0 Å². The van der Waals surface area contributed by atoms with E-state index in [9.17, 15) is 65.9 Å². The first kappa shape index (κ1) is 24.5. The Hall–Kier alpha value is -1.50. The zero-order valence-corrected chi connectivity index (χ0v) is 11.8. The van der Waals surface area contributed by atoms with E-state index in [1.165, 1.54) is 4.74 Å². The highest BCUT2D eigenvalue weighted by Crippen LogP contribution is 2.56. The fraction of sp³-hybridized carbons (Fsp3) is 0.857. The summed E-state index contributed by atoms with van der Waals surface area (Å²) in [5.74, 6) is -27.1. The first-order valence-electron chi connectivity index (χ1n) is 5.07. The highest BCUT2D eigenvalue weighted by molar-refractivity contribution is 7.86. The number of carboxylic acids is 1. The molecule has 1 atom stereocenters. The minimum Gasteiger partial charge on any atom is -0.477 e. The number of carbonyl (C=O) groups is 1. The van der Waals surface area contributed by atoms with Gasteiger partial charge in [0.25, 0.3) is 0 Å². The Labute approximate surface area is 133 Å². The predicted octanol–water partition coefficient (Wildman–Crippen LogP) is 2.66. The molecule has 0 spiro atoms. The van der Waals surface area contributed by atoms with Crippen LogP contribution in [0.2, 0.25) is 0 Å². The van der Waals surface area contributed by atoms with Gasteiger partial charge in [-0.1, -0.05) is 0 Å². The summed E-state index contributed by atoms with van der Waals surface area (Å²) in [6, 6.07) is 0. The van der Waals surface area contributed by atoms with Crippen LogP contribution in [0.1, 0.15) is 0 Å². The summed E-state index contributed by atoms with van der Waals surface area (Å²) >= 11 is 0. The van der Waals surface area contributed by atoms with Gasteiger partial charge in [-0.3, -0.25) is 9.29 Å². The topological polar surface area (TPSA) is 101 Å². The molecule has 0 heterocycles. The van der Waals surface area contributed by atoms with Crippen molar-refractivity contribution in [3.05, 3.63) is 0 Å². The van der Waals surface area contributed by atoms with Gasteiger partial charge < -0.3 is 5.11 Å². The molecular weight excluding hydrogens is 440 g/mol. The summed E-state index contributed by atoms with van der Waals surface area (Å²) in [6.07, 6.45) is -15.3. The van der Waals surface area contributed by atoms with Crippen LogP contribution in [0.4, 0.5) is 52.7 Å². The highest BCUT2D eigenvalue weighted by atomic mass is 32.2. The van der Waals surface area contributed by atoms with Crippen LogP contribution < -0.4 is 0 Å². The van der Waals surface area contributed by atoms with Crippen molar-refractivity contribution in [1.82, 2.24) is 0 Å². The molecule has 0 aliphatic heterocycles. The average Bonchev–Trinajstić information content (AvgIpc) is 2.34. The maximum Gasteiger partial charge on any atom is 0.460 e. The van der Waals surface area contributed by atoms with E-state index in [2.05, 4.69) is 0 Å². The molecule has 0 bridgehead atoms. The Kier molecular flexibility index (Phi) is 5.66. The Morgan fingerprint density at radius 2 is 1.15 bits per heavy atom. The summed E-state index contributed by atoms with van der Waals surface area (Å²) in [6.45, 7) is 0. The number of ether oxygens (including phenoxy) is 1. The SMILES string of the molecule is O=C(O)C(F)(F)C(F)(F)C(F)(OC(F)(F)C(F)(F)S(=O)(=O)O)C(F)(F)F. The van der Waals surface area contributed by atoms with Crippen molar-refractivity contribution < 1.29 is 80.3 Å². The second-order valence-electron chi connectivity index (χ2n) is 4.16. The summed E-state index contributed by atoms with van der Waals surface area (Å²) in [5, 5.41) is 0.449. The second-order valence-corrected chi connectivity index (χ2v) is 5.62. The van der Waals surface area contributed by atoms with E-state index in [-0.39, 0.29) is 0 Å². The molecule has 0 aromatic rings. The van der Waals surface area contributed by atoms with Gasteiger partial charge in [-0.25, -0.2) is 4.79 Å². The van der Waals surface area contributed by atoms with Crippen molar-refractivity contribution in [3.8, 4) is 0 Å². The number of hydrogen-bond acceptors (Lipinski definition) is 4. The quantitative estimate of drug-likeness (QED) is 0.465. The van der Waals surface area contributed by atoms with E-state index in [4.69, 9.17) is 9.66 Å². The van der Waals surface area contributed by atoms with Crippen LogP contribution in [0.5, 0.6) is 0 Å². The summed E-state index contributed by atoms with van der Waals surface area (Å²) in [4.78, 5) is 9.87. The maximum absolute atomic E-state index is 13.4. The zero-order valence-electron chi connectivity index (χ0n) is 11.0. The third-order valence-electron chi connectivity index (χ3n) is 2.36. The lowest BCUT2D eigenvalue weighted by molar-refractivity contribution is -0.492. The third-order valence-corrected chi connectivity index (χ3v) is 3.25. The van der Waals surface area contributed by atoms with Gasteiger partial charge in [0.1, 0.15) is 0 Å². The van der Waals surface area contributed by atoms with Gasteiger partial charge in [-0.2, -0.15) is 61.1 Å². The van der Waals surface area contributed by atoms with Gasteiger partial charge in [0, 0.05) is 0 Å². The summed E-state index contributed by atoms with van der Waals surface area (Å²) in [7, 11) is -7.47. The van der Waals surface area contributed by atoms with Crippen LogP contribution in [0.25, 0.3) is 0 Å². The van der Waals surface area contributed by atoms with Crippen molar-refractivity contribution in [1.29, 1.82) is 0 Å². The van der Waals surface area contributed by atoms with E-state index in [0.717, 1.165) is 0 Å². The largest absolute Gasteiger partial charge is 0.477 e. The second kappa shape index (κ2) is 6.01. The fourth-order valence-electron chi connectivity index (χ4n) is 1.02. The Morgan fingerprint density at radius 3 is 1.38 bits per heavy atom. The summed E-state index contributed by atoms with van der Waals surface area (Å²) in [5.41, 5.74) is 0. The van der Waals surface area contributed by atoms with E-state index in [1.807, 2.05) is 0 Å². The molecule has 0 rings (SSSR count). The molecule has 2 N–H and O–H groups in total. The number of rotatable bonds is 7. The van der Waals surface area contributed by atoms with Gasteiger partial charge in [0.2, 0.25) is 0 Å². The van der Waals surface area contributed by atoms with Crippen LogP contribution in [0, 0.1) is 0 Å². The van der Waals surface area contributed by atoms with Crippen LogP contribution in [-0.2, 0) is 19.6 Å². The van der Waals surface area contributed by atoms with E-state index in [1.54, 1.807) is 0 Å². The monoisotopic (exact) mass is 442 g/mol. The lowest BCUT2D eigenvalue weighted by Gasteiger charge is -2.39. The van der Waals surface area contributed by atoms with Crippen molar-refractivity contribution >= 4 is 16.1 Å². The Morgan fingerprint density at radius 1 is 0.808 bits per heavy atom. The van der Waals surface area contributed by atoms with E-state index < -0.39 is 51.3 Å². The van der Waals surface area contributed by atoms with Crippen LogP contribution in [0.3, 0.4) is 0 Å². The van der Waals surface area contributed by atoms with E-state index in [0.29, 0.717) is 0 Å². The molecule has 0 saturated carbocycles. The molecule has 19 heteroatoms. The fourth-order valence-corrected chi connectivity index (χ4v) is 1.36. The molecule has 0 saturated heterocycles. The number of hydrogen-bond donors (Lipinski definition) is 2. The molecule has 156 valence electrons. The molecule has 26 heavy (non-hydrogen) atoms. The molecule has 0 aromatic carbocycles. The van der Waals surface area contributed by atoms with Gasteiger partial charge in [0.05, 0.1) is 0 Å². The standard InChI is InChI=1S/C7H2F12O6S/c8-2(9,1(20)21)3(10,11)4(12,5(13,14)15)25-6(16,17)7(18,19)26(22,23)24/h(H,20,21)(H,22,23,24). The maximum atomic E-state index is 13.4. The molecule has 0 amide bonds. The Bertz CT molecular complexity index is 668. The molecule has 0 radical (unpaired) electrons. The summed E-state index contributed by atoms with van der Waals surface area (Å²) < 4.78 is 182. The van der Waals surface area contributed by atoms with Crippen LogP contribution >= 0.6 is 0 Å². The van der Waals surface area contributed by atoms with Gasteiger partial charge in [-0.15, -0.1) is 0 Å². The molecule has 0 aromatic heterocycles. The first-order chi connectivity index (χ1) is 10.9. The van der Waals surface area contributed by atoms with Crippen molar-refractivity contribution in [2.45, 2.75) is 35.2 Å². The first-order valence-corrected chi connectivity index (χ1v) is 6.51. The molecule has 0 aliphatic carbocycles. The van der Waals surface area contributed by atoms with Gasteiger partial charge >= 0.3 is 51.3 Å². The predicted molar refractivity (Wildman–Crippen MR) is 50.0 cm³/mol. The molecular formula is C7H2F12O6S. The minimum absolute atomic E-state index is 1.37. The lowest BCUT2D eigenvalue weighted by atomic mass is 10.0. The van der Waals surface area contributed by atoms with Crippen LogP contribution in [-0.4, -0.2) is 59.3 Å². The van der Waals surface area contributed by atoms with E-state index >= 15 is 0 Å². The zero-order chi connectivity index (χ0) is 21.8. The van der Waals surface area contributed by atoms with Crippen molar-refractivity contribution in [2.24, 2.45) is 0 Å².